The highest BCUT2D eigenvalue weighted by atomic mass is 35.5. The van der Waals surface area contributed by atoms with E-state index < -0.39 is 10.0 Å². The number of amides is 1. The van der Waals surface area contributed by atoms with Gasteiger partial charge in [-0.15, -0.1) is 0 Å². The number of nitrogens with one attached hydrogen (secondary N) is 1. The number of hydrogen-bond donors (Lipinski definition) is 1. The molecule has 1 aromatic heterocycles. The van der Waals surface area contributed by atoms with Crippen LogP contribution in [0.2, 0.25) is 5.02 Å². The van der Waals surface area contributed by atoms with Crippen LogP contribution in [0.3, 0.4) is 0 Å². The molecule has 150 valence electrons. The Labute approximate surface area is 168 Å². The molecule has 1 aliphatic rings. The summed E-state index contributed by atoms with van der Waals surface area (Å²) in [5, 5.41) is 8.17. The first-order valence-corrected chi connectivity index (χ1v) is 10.6. The summed E-state index contributed by atoms with van der Waals surface area (Å²) in [6, 6.07) is 8.55. The molecular weight excluding hydrogens is 404 g/mol. The Morgan fingerprint density at radius 1 is 1.25 bits per heavy atom. The largest absolute Gasteiger partial charge is 0.360 e. The molecule has 10 heteroatoms. The molecule has 2 heterocycles. The predicted octanol–water partition coefficient (Wildman–Crippen LogP) is 2.19. The summed E-state index contributed by atoms with van der Waals surface area (Å²) in [5.41, 5.74) is 0.756. The second-order valence-electron chi connectivity index (χ2n) is 6.45. The van der Waals surface area contributed by atoms with Crippen LogP contribution in [0.5, 0.6) is 0 Å². The number of aromatic nitrogens is 1. The average molecular weight is 425 g/mol. The number of rotatable bonds is 6. The monoisotopic (exact) mass is 424 g/mol. The molecule has 3 rings (SSSR count). The molecule has 28 heavy (non-hydrogen) atoms. The zero-order valence-corrected chi connectivity index (χ0v) is 16.9. The van der Waals surface area contributed by atoms with Crippen molar-refractivity contribution >= 4 is 39.4 Å². The van der Waals surface area contributed by atoms with Crippen molar-refractivity contribution in [3.05, 3.63) is 52.1 Å². The zero-order valence-electron chi connectivity index (χ0n) is 15.3. The van der Waals surface area contributed by atoms with Crippen molar-refractivity contribution in [2.24, 2.45) is 0 Å². The Hall–Kier alpha value is -2.20. The summed E-state index contributed by atoms with van der Waals surface area (Å²) < 4.78 is 31.3. The van der Waals surface area contributed by atoms with Crippen LogP contribution in [0, 0.1) is 6.92 Å². The number of hydrogen-bond acceptors (Lipinski definition) is 6. The fourth-order valence-corrected chi connectivity index (χ4v) is 4.08. The van der Waals surface area contributed by atoms with Gasteiger partial charge in [0.25, 0.3) is 0 Å². The summed E-state index contributed by atoms with van der Waals surface area (Å²) >= 11 is 5.83. The van der Waals surface area contributed by atoms with E-state index in [1.165, 1.54) is 9.71 Å². The van der Waals surface area contributed by atoms with Gasteiger partial charge in [0.2, 0.25) is 15.9 Å². The molecule has 0 aliphatic carbocycles. The lowest BCUT2D eigenvalue weighted by Gasteiger charge is -2.32. The number of anilines is 1. The Morgan fingerprint density at radius 2 is 1.93 bits per heavy atom. The van der Waals surface area contributed by atoms with Crippen molar-refractivity contribution in [1.29, 1.82) is 0 Å². The quantitative estimate of drug-likeness (QED) is 0.763. The summed E-state index contributed by atoms with van der Waals surface area (Å²) in [5.74, 6) is 0.768. The number of piperazine rings is 1. The van der Waals surface area contributed by atoms with Crippen LogP contribution in [0.15, 0.2) is 40.3 Å². The van der Waals surface area contributed by atoms with Crippen molar-refractivity contribution in [3.8, 4) is 0 Å². The van der Waals surface area contributed by atoms with E-state index in [2.05, 4.69) is 10.5 Å². The van der Waals surface area contributed by atoms with Gasteiger partial charge in [0.15, 0.2) is 5.82 Å². The van der Waals surface area contributed by atoms with E-state index in [4.69, 9.17) is 16.1 Å². The summed E-state index contributed by atoms with van der Waals surface area (Å²) in [6.07, 6.45) is 1.55. The van der Waals surface area contributed by atoms with Gasteiger partial charge in [0.1, 0.15) is 5.76 Å². The first-order chi connectivity index (χ1) is 13.3. The fourth-order valence-electron chi connectivity index (χ4n) is 2.78. The van der Waals surface area contributed by atoms with Gasteiger partial charge in [-0.05, 0) is 30.7 Å². The van der Waals surface area contributed by atoms with Crippen LogP contribution >= 0.6 is 11.6 Å². The molecule has 0 spiro atoms. The van der Waals surface area contributed by atoms with Gasteiger partial charge in [0.05, 0.1) is 6.54 Å². The summed E-state index contributed by atoms with van der Waals surface area (Å²) in [4.78, 5) is 14.0. The van der Waals surface area contributed by atoms with Gasteiger partial charge < -0.3 is 9.84 Å². The molecule has 0 bridgehead atoms. The molecule has 1 N–H and O–H groups in total. The van der Waals surface area contributed by atoms with Crippen molar-refractivity contribution < 1.29 is 17.7 Å². The standard InChI is InChI=1S/C18H21ClN4O4S/c1-14-12-17(21-27-14)20-18(24)13-22-7-9-23(10-8-22)28(25,26)11-6-15-2-4-16(19)5-3-15/h2-6,11-12H,7-10,13H2,1H3,(H,20,21,24)/b11-6+. The van der Waals surface area contributed by atoms with Crippen molar-refractivity contribution in [2.45, 2.75) is 6.92 Å². The SMILES string of the molecule is Cc1cc(NC(=O)CN2CCN(S(=O)(=O)/C=C/c3ccc(Cl)cc3)CC2)no1. The smallest absolute Gasteiger partial charge is 0.239 e. The van der Waals surface area contributed by atoms with Gasteiger partial charge >= 0.3 is 0 Å². The van der Waals surface area contributed by atoms with E-state index in [0.717, 1.165) is 5.56 Å². The number of sulfonamides is 1. The predicted molar refractivity (Wildman–Crippen MR) is 107 cm³/mol. The van der Waals surface area contributed by atoms with Crippen LogP contribution in [-0.2, 0) is 14.8 Å². The Kier molecular flexibility index (Phi) is 6.50. The van der Waals surface area contributed by atoms with E-state index in [9.17, 15) is 13.2 Å². The van der Waals surface area contributed by atoms with E-state index in [0.29, 0.717) is 42.8 Å². The molecule has 8 nitrogen and oxygen atoms in total. The summed E-state index contributed by atoms with van der Waals surface area (Å²) in [6.45, 7) is 3.50. The van der Waals surface area contributed by atoms with Crippen LogP contribution in [0.1, 0.15) is 11.3 Å². The molecule has 0 saturated carbocycles. The number of nitrogens with zero attached hydrogens (tertiary/aromatic N) is 3. The minimum atomic E-state index is -3.52. The van der Waals surface area contributed by atoms with Gasteiger partial charge in [-0.3, -0.25) is 9.69 Å². The van der Waals surface area contributed by atoms with Crippen LogP contribution < -0.4 is 5.32 Å². The Bertz CT molecular complexity index is 948. The third-order valence-electron chi connectivity index (χ3n) is 4.26. The molecule has 0 radical (unpaired) electrons. The van der Waals surface area contributed by atoms with Gasteiger partial charge in [-0.1, -0.05) is 28.9 Å². The maximum atomic E-state index is 12.5. The molecule has 1 saturated heterocycles. The zero-order chi connectivity index (χ0) is 20.1. The lowest BCUT2D eigenvalue weighted by molar-refractivity contribution is -0.117. The van der Waals surface area contributed by atoms with Gasteiger partial charge in [-0.25, -0.2) is 8.42 Å². The average Bonchev–Trinajstić information content (AvgIpc) is 3.06. The molecule has 1 amide bonds. The van der Waals surface area contributed by atoms with Crippen LogP contribution in [-0.4, -0.2) is 61.4 Å². The third-order valence-corrected chi connectivity index (χ3v) is 6.07. The normalized spacial score (nSPS) is 16.5. The first-order valence-electron chi connectivity index (χ1n) is 8.71. The van der Waals surface area contributed by atoms with Gasteiger partial charge in [-0.2, -0.15) is 4.31 Å². The topological polar surface area (TPSA) is 95.8 Å². The number of halogens is 1. The maximum Gasteiger partial charge on any atom is 0.239 e. The first kappa shape index (κ1) is 20.5. The minimum absolute atomic E-state index is 0.167. The van der Waals surface area contributed by atoms with E-state index in [1.807, 2.05) is 4.90 Å². The fraction of sp³-hybridized carbons (Fsp3) is 0.333. The molecule has 0 unspecified atom stereocenters. The molecule has 1 fully saturated rings. The molecule has 1 aliphatic heterocycles. The van der Waals surface area contributed by atoms with Crippen LogP contribution in [0.4, 0.5) is 5.82 Å². The summed E-state index contributed by atoms with van der Waals surface area (Å²) in [7, 11) is -3.52. The lowest BCUT2D eigenvalue weighted by atomic mass is 10.2. The van der Waals surface area contributed by atoms with E-state index >= 15 is 0 Å². The van der Waals surface area contributed by atoms with E-state index in [1.54, 1.807) is 43.3 Å². The van der Waals surface area contributed by atoms with Crippen molar-refractivity contribution in [3.63, 3.8) is 0 Å². The maximum absolute atomic E-state index is 12.5. The number of aryl methyl sites for hydroxylation is 1. The van der Waals surface area contributed by atoms with Crippen molar-refractivity contribution in [2.75, 3.05) is 38.0 Å². The molecular formula is C18H21ClN4O4S. The molecule has 2 aromatic rings. The highest BCUT2D eigenvalue weighted by Gasteiger charge is 2.26. The number of carbonyl (C=O) groups is 1. The van der Waals surface area contributed by atoms with Crippen LogP contribution in [0.25, 0.3) is 6.08 Å². The highest BCUT2D eigenvalue weighted by Crippen LogP contribution is 2.14. The van der Waals surface area contributed by atoms with E-state index in [-0.39, 0.29) is 12.5 Å². The minimum Gasteiger partial charge on any atom is -0.360 e. The Balaban J connectivity index is 1.49. The number of carbonyl (C=O) groups excluding carboxylic acids is 1. The second kappa shape index (κ2) is 8.87. The van der Waals surface area contributed by atoms with Gasteiger partial charge in [0, 0.05) is 42.7 Å². The second-order valence-corrected chi connectivity index (χ2v) is 8.70. The highest BCUT2D eigenvalue weighted by molar-refractivity contribution is 7.92. The lowest BCUT2D eigenvalue weighted by Crippen LogP contribution is -2.49. The molecule has 0 atom stereocenters. The Morgan fingerprint density at radius 3 is 2.54 bits per heavy atom. The molecule has 1 aromatic carbocycles. The third kappa shape index (κ3) is 5.65. The van der Waals surface area contributed by atoms with Crippen molar-refractivity contribution in [1.82, 2.24) is 14.4 Å². The number of benzene rings is 1.